The van der Waals surface area contributed by atoms with Gasteiger partial charge in [0.05, 0.1) is 19.9 Å². The van der Waals surface area contributed by atoms with Gasteiger partial charge in [0.1, 0.15) is 23.1 Å². The van der Waals surface area contributed by atoms with Crippen LogP contribution in [-0.4, -0.2) is 31.8 Å². The third-order valence-corrected chi connectivity index (χ3v) is 3.72. The van der Waals surface area contributed by atoms with E-state index in [4.69, 9.17) is 14.2 Å². The molecule has 28 heavy (non-hydrogen) atoms. The minimum atomic E-state index is -0.952. The summed E-state index contributed by atoms with van der Waals surface area (Å²) in [6.45, 7) is 5.27. The summed E-state index contributed by atoms with van der Waals surface area (Å²) in [4.78, 5) is 25.3. The molecular weight excluding hydrogens is 360 g/mol. The molecular formula is C21H26N2O5. The summed E-state index contributed by atoms with van der Waals surface area (Å²) >= 11 is 0. The Morgan fingerprint density at radius 3 is 2.21 bits per heavy atom. The Kier molecular flexibility index (Phi) is 6.87. The molecule has 0 aliphatic carbocycles. The van der Waals surface area contributed by atoms with Gasteiger partial charge in [0.2, 0.25) is 0 Å². The van der Waals surface area contributed by atoms with Gasteiger partial charge in [-0.3, -0.25) is 4.79 Å². The number of rotatable bonds is 6. The third kappa shape index (κ3) is 5.90. The molecule has 7 heteroatoms. The van der Waals surface area contributed by atoms with E-state index >= 15 is 0 Å². The zero-order chi connectivity index (χ0) is 20.7. The van der Waals surface area contributed by atoms with Crippen molar-refractivity contribution in [2.45, 2.75) is 32.4 Å². The number of amides is 2. The average molecular weight is 386 g/mol. The number of methoxy groups -OCH3 is 2. The van der Waals surface area contributed by atoms with Gasteiger partial charge in [0.25, 0.3) is 5.91 Å². The van der Waals surface area contributed by atoms with E-state index in [1.165, 1.54) is 14.2 Å². The number of benzene rings is 2. The largest absolute Gasteiger partial charge is 0.497 e. The summed E-state index contributed by atoms with van der Waals surface area (Å²) in [5, 5.41) is 5.42. The fourth-order valence-electron chi connectivity index (χ4n) is 2.49. The van der Waals surface area contributed by atoms with Crippen LogP contribution in [0.5, 0.6) is 11.5 Å². The molecule has 0 radical (unpaired) electrons. The second-order valence-corrected chi connectivity index (χ2v) is 7.05. The molecule has 2 aromatic rings. The van der Waals surface area contributed by atoms with Crippen LogP contribution >= 0.6 is 0 Å². The van der Waals surface area contributed by atoms with Crippen LogP contribution in [0, 0.1) is 0 Å². The normalized spacial score (nSPS) is 11.9. The Balaban J connectivity index is 2.28. The van der Waals surface area contributed by atoms with Crippen LogP contribution in [0.4, 0.5) is 10.5 Å². The van der Waals surface area contributed by atoms with Gasteiger partial charge in [-0.2, -0.15) is 0 Å². The van der Waals surface area contributed by atoms with E-state index in [1.807, 2.05) is 6.07 Å². The van der Waals surface area contributed by atoms with Crippen LogP contribution in [0.25, 0.3) is 0 Å². The van der Waals surface area contributed by atoms with Crippen molar-refractivity contribution >= 4 is 17.7 Å². The molecule has 1 atom stereocenters. The van der Waals surface area contributed by atoms with Gasteiger partial charge >= 0.3 is 6.09 Å². The molecule has 2 rings (SSSR count). The van der Waals surface area contributed by atoms with Crippen LogP contribution in [-0.2, 0) is 9.53 Å². The smallest absolute Gasteiger partial charge is 0.408 e. The summed E-state index contributed by atoms with van der Waals surface area (Å²) < 4.78 is 15.8. The molecule has 2 aromatic carbocycles. The second-order valence-electron chi connectivity index (χ2n) is 7.05. The first-order chi connectivity index (χ1) is 13.2. The zero-order valence-corrected chi connectivity index (χ0v) is 16.7. The maximum atomic E-state index is 13.0. The van der Waals surface area contributed by atoms with E-state index < -0.39 is 23.6 Å². The van der Waals surface area contributed by atoms with Crippen LogP contribution < -0.4 is 20.1 Å². The van der Waals surface area contributed by atoms with Crippen LogP contribution in [0.1, 0.15) is 32.4 Å². The van der Waals surface area contributed by atoms with Crippen molar-refractivity contribution in [2.75, 3.05) is 19.5 Å². The van der Waals surface area contributed by atoms with Crippen molar-refractivity contribution < 1.29 is 23.8 Å². The number of carbonyl (C=O) groups excluding carboxylic acids is 2. The molecule has 7 nitrogen and oxygen atoms in total. The van der Waals surface area contributed by atoms with Gasteiger partial charge < -0.3 is 24.8 Å². The number of alkyl carbamates (subject to hydrolysis) is 1. The monoisotopic (exact) mass is 386 g/mol. The molecule has 0 heterocycles. The van der Waals surface area contributed by atoms with E-state index in [9.17, 15) is 9.59 Å². The Bertz CT molecular complexity index is 815. The number of hydrogen-bond acceptors (Lipinski definition) is 5. The molecule has 1 unspecified atom stereocenters. The minimum absolute atomic E-state index is 0.429. The van der Waals surface area contributed by atoms with Gasteiger partial charge in [-0.15, -0.1) is 0 Å². The summed E-state index contributed by atoms with van der Waals surface area (Å²) in [5.41, 5.74) is 0.365. The predicted octanol–water partition coefficient (Wildman–Crippen LogP) is 3.91. The van der Waals surface area contributed by atoms with Crippen LogP contribution in [0.3, 0.4) is 0 Å². The molecule has 2 N–H and O–H groups in total. The number of anilines is 1. The fourth-order valence-corrected chi connectivity index (χ4v) is 2.49. The molecule has 0 aliphatic heterocycles. The number of ether oxygens (including phenoxy) is 3. The van der Waals surface area contributed by atoms with E-state index in [-0.39, 0.29) is 0 Å². The highest BCUT2D eigenvalue weighted by Crippen LogP contribution is 2.30. The lowest BCUT2D eigenvalue weighted by atomic mass is 10.1. The van der Waals surface area contributed by atoms with Crippen molar-refractivity contribution in [1.29, 1.82) is 0 Å². The zero-order valence-electron chi connectivity index (χ0n) is 16.7. The highest BCUT2D eigenvalue weighted by molar-refractivity contribution is 5.98. The van der Waals surface area contributed by atoms with Gasteiger partial charge in [0.15, 0.2) is 0 Å². The number of carbonyl (C=O) groups is 2. The molecule has 0 fully saturated rings. The van der Waals surface area contributed by atoms with E-state index in [2.05, 4.69) is 10.6 Å². The Hall–Kier alpha value is -3.22. The van der Waals surface area contributed by atoms with Crippen molar-refractivity contribution in [1.82, 2.24) is 5.32 Å². The minimum Gasteiger partial charge on any atom is -0.497 e. The Morgan fingerprint density at radius 1 is 0.964 bits per heavy atom. The van der Waals surface area contributed by atoms with E-state index in [0.717, 1.165) is 0 Å². The first-order valence-electron chi connectivity index (χ1n) is 8.81. The van der Waals surface area contributed by atoms with Crippen LogP contribution in [0.2, 0.25) is 0 Å². The lowest BCUT2D eigenvalue weighted by molar-refractivity contribution is -0.118. The molecule has 0 saturated carbocycles. The summed E-state index contributed by atoms with van der Waals surface area (Å²) in [6, 6.07) is 13.0. The molecule has 0 bridgehead atoms. The molecule has 2 amide bonds. The highest BCUT2D eigenvalue weighted by atomic mass is 16.6. The predicted molar refractivity (Wildman–Crippen MR) is 107 cm³/mol. The first-order valence-corrected chi connectivity index (χ1v) is 8.81. The van der Waals surface area contributed by atoms with Gasteiger partial charge in [0, 0.05) is 6.07 Å². The topological polar surface area (TPSA) is 85.9 Å². The molecule has 0 spiro atoms. The first kappa shape index (κ1) is 21.1. The molecule has 150 valence electrons. The van der Waals surface area contributed by atoms with Gasteiger partial charge in [-0.25, -0.2) is 4.79 Å². The van der Waals surface area contributed by atoms with E-state index in [0.29, 0.717) is 22.7 Å². The summed E-state index contributed by atoms with van der Waals surface area (Å²) in [5.74, 6) is 0.592. The standard InChI is InChI=1S/C21H26N2O5/c1-21(2,3)28-20(25)23-18(14-9-7-6-8-10-14)19(24)22-16-13-15(26-4)11-12-17(16)27-5/h6-13,18H,1-5H3,(H,22,24)(H,23,25). The van der Waals surface area contributed by atoms with Crippen molar-refractivity contribution in [3.8, 4) is 11.5 Å². The molecule has 0 aliphatic rings. The quantitative estimate of drug-likeness (QED) is 0.786. The average Bonchev–Trinajstić information content (AvgIpc) is 2.65. The molecule has 0 saturated heterocycles. The number of nitrogens with one attached hydrogen (secondary N) is 2. The highest BCUT2D eigenvalue weighted by Gasteiger charge is 2.26. The fraction of sp³-hybridized carbons (Fsp3) is 0.333. The maximum absolute atomic E-state index is 13.0. The van der Waals surface area contributed by atoms with Crippen molar-refractivity contribution in [2.24, 2.45) is 0 Å². The van der Waals surface area contributed by atoms with E-state index in [1.54, 1.807) is 63.2 Å². The summed E-state index contributed by atoms with van der Waals surface area (Å²) in [6.07, 6.45) is -0.686. The lowest BCUT2D eigenvalue weighted by Gasteiger charge is -2.24. The number of hydrogen-bond donors (Lipinski definition) is 2. The Morgan fingerprint density at radius 2 is 1.64 bits per heavy atom. The SMILES string of the molecule is COc1ccc(OC)c(NC(=O)C(NC(=O)OC(C)(C)C)c2ccccc2)c1. The van der Waals surface area contributed by atoms with Gasteiger partial charge in [-0.1, -0.05) is 30.3 Å². The third-order valence-electron chi connectivity index (χ3n) is 3.72. The van der Waals surface area contributed by atoms with Crippen molar-refractivity contribution in [3.05, 3.63) is 54.1 Å². The van der Waals surface area contributed by atoms with Crippen LogP contribution in [0.15, 0.2) is 48.5 Å². The second kappa shape index (κ2) is 9.12. The Labute approximate surface area is 165 Å². The molecule has 0 aromatic heterocycles. The maximum Gasteiger partial charge on any atom is 0.408 e. The van der Waals surface area contributed by atoms with Crippen molar-refractivity contribution in [3.63, 3.8) is 0 Å². The lowest BCUT2D eigenvalue weighted by Crippen LogP contribution is -2.40. The summed E-state index contributed by atoms with van der Waals surface area (Å²) in [7, 11) is 3.04. The van der Waals surface area contributed by atoms with Gasteiger partial charge in [-0.05, 0) is 38.5 Å².